The van der Waals surface area contributed by atoms with Gasteiger partial charge in [-0.3, -0.25) is 9.69 Å². The van der Waals surface area contributed by atoms with Gasteiger partial charge in [0.1, 0.15) is 5.75 Å². The van der Waals surface area contributed by atoms with Crippen LogP contribution in [0.3, 0.4) is 0 Å². The minimum absolute atomic E-state index is 0.0822. The number of hydrogen-bond donors (Lipinski definition) is 0. The third kappa shape index (κ3) is 6.21. The Morgan fingerprint density at radius 2 is 1.65 bits per heavy atom. The van der Waals surface area contributed by atoms with Gasteiger partial charge >= 0.3 is 0 Å². The van der Waals surface area contributed by atoms with E-state index in [0.717, 1.165) is 21.5 Å². The molecule has 176 valence electrons. The number of amides is 1. The van der Waals surface area contributed by atoms with Crippen molar-refractivity contribution in [3.8, 4) is 5.75 Å². The lowest BCUT2D eigenvalue weighted by molar-refractivity contribution is -0.118. The van der Waals surface area contributed by atoms with Crippen LogP contribution in [-0.4, -0.2) is 31.7 Å². The van der Waals surface area contributed by atoms with E-state index in [4.69, 9.17) is 4.74 Å². The van der Waals surface area contributed by atoms with Crippen molar-refractivity contribution in [1.82, 2.24) is 4.98 Å². The van der Waals surface area contributed by atoms with E-state index in [-0.39, 0.29) is 23.8 Å². The average molecular weight is 495 g/mol. The Hall–Kier alpha value is -3.23. The second-order valence-corrected chi connectivity index (χ2v) is 11.0. The lowest BCUT2D eigenvalue weighted by atomic mass is 10.2. The highest BCUT2D eigenvalue weighted by molar-refractivity contribution is 7.90. The fourth-order valence-electron chi connectivity index (χ4n) is 3.57. The quantitative estimate of drug-likeness (QED) is 0.302. The van der Waals surface area contributed by atoms with Crippen LogP contribution >= 0.6 is 11.3 Å². The summed E-state index contributed by atoms with van der Waals surface area (Å²) in [6.07, 6.45) is -0.109. The highest BCUT2D eigenvalue weighted by atomic mass is 32.2. The number of aromatic nitrogens is 1. The standard InChI is InChI=1S/C26H26N2O4S2/c1-2-32-22-13-14-23-24(17-22)33-26(27-23)28(18-20-9-5-3-6-10-20)25(29)15-16-34(30,31)19-21-11-7-4-8-12-21/h3-14,17H,2,15-16,18-19H2,1H3. The number of ether oxygens (including phenoxy) is 1. The molecule has 1 amide bonds. The van der Waals surface area contributed by atoms with Crippen LogP contribution in [0.25, 0.3) is 10.2 Å². The Kier molecular flexibility index (Phi) is 7.59. The zero-order valence-electron chi connectivity index (χ0n) is 18.9. The van der Waals surface area contributed by atoms with Crippen molar-refractivity contribution in [3.63, 3.8) is 0 Å². The fourth-order valence-corrected chi connectivity index (χ4v) is 5.91. The van der Waals surface area contributed by atoms with Crippen LogP contribution in [0.15, 0.2) is 78.9 Å². The topological polar surface area (TPSA) is 76.6 Å². The van der Waals surface area contributed by atoms with Gasteiger partial charge in [-0.2, -0.15) is 0 Å². The largest absolute Gasteiger partial charge is 0.494 e. The Bertz CT molecular complexity index is 1350. The van der Waals surface area contributed by atoms with Crippen molar-refractivity contribution in [2.24, 2.45) is 0 Å². The van der Waals surface area contributed by atoms with E-state index < -0.39 is 9.84 Å². The van der Waals surface area contributed by atoms with Gasteiger partial charge in [0.25, 0.3) is 0 Å². The molecule has 0 aliphatic rings. The lowest BCUT2D eigenvalue weighted by Crippen LogP contribution is -2.31. The van der Waals surface area contributed by atoms with Gasteiger partial charge in [-0.05, 0) is 36.2 Å². The Morgan fingerprint density at radius 3 is 2.32 bits per heavy atom. The third-order valence-corrected chi connectivity index (χ3v) is 7.87. The zero-order valence-corrected chi connectivity index (χ0v) is 20.5. The highest BCUT2D eigenvalue weighted by Crippen LogP contribution is 2.32. The van der Waals surface area contributed by atoms with Gasteiger partial charge in [-0.15, -0.1) is 0 Å². The van der Waals surface area contributed by atoms with Crippen LogP contribution in [0.5, 0.6) is 5.75 Å². The summed E-state index contributed by atoms with van der Waals surface area (Å²) in [6.45, 7) is 2.80. The molecule has 34 heavy (non-hydrogen) atoms. The van der Waals surface area contributed by atoms with Gasteiger partial charge in [0, 0.05) is 6.42 Å². The van der Waals surface area contributed by atoms with Gasteiger partial charge in [0.15, 0.2) is 15.0 Å². The summed E-state index contributed by atoms with van der Waals surface area (Å²) in [5, 5.41) is 0.540. The Balaban J connectivity index is 1.56. The molecule has 0 fully saturated rings. The molecule has 3 aromatic carbocycles. The normalized spacial score (nSPS) is 11.4. The van der Waals surface area contributed by atoms with Gasteiger partial charge < -0.3 is 4.74 Å². The molecule has 0 unspecified atom stereocenters. The summed E-state index contributed by atoms with van der Waals surface area (Å²) in [7, 11) is -3.44. The molecular weight excluding hydrogens is 468 g/mol. The number of anilines is 1. The first-order valence-electron chi connectivity index (χ1n) is 11.1. The number of hydrogen-bond acceptors (Lipinski definition) is 6. The third-order valence-electron chi connectivity index (χ3n) is 5.23. The molecule has 0 atom stereocenters. The molecular formula is C26H26N2O4S2. The van der Waals surface area contributed by atoms with Gasteiger partial charge in [-0.25, -0.2) is 13.4 Å². The van der Waals surface area contributed by atoms with E-state index in [1.165, 1.54) is 11.3 Å². The number of thiazole rings is 1. The zero-order chi connectivity index (χ0) is 24.0. The molecule has 0 saturated heterocycles. The second kappa shape index (κ2) is 10.8. The number of carbonyl (C=O) groups excluding carboxylic acids is 1. The first-order valence-corrected chi connectivity index (χ1v) is 13.7. The minimum atomic E-state index is -3.44. The fraction of sp³-hybridized carbons (Fsp3) is 0.231. The van der Waals surface area contributed by atoms with Crippen molar-refractivity contribution in [1.29, 1.82) is 0 Å². The SMILES string of the molecule is CCOc1ccc2nc(N(Cc3ccccc3)C(=O)CCS(=O)(=O)Cc3ccccc3)sc2c1. The number of sulfone groups is 1. The molecule has 6 nitrogen and oxygen atoms in total. The summed E-state index contributed by atoms with van der Waals surface area (Å²) in [5.74, 6) is 0.176. The minimum Gasteiger partial charge on any atom is -0.494 e. The molecule has 0 aliphatic heterocycles. The molecule has 1 heterocycles. The average Bonchev–Trinajstić information content (AvgIpc) is 3.25. The number of rotatable bonds is 10. The van der Waals surface area contributed by atoms with E-state index in [1.54, 1.807) is 17.0 Å². The molecule has 0 saturated carbocycles. The molecule has 1 aromatic heterocycles. The molecule has 8 heteroatoms. The molecule has 4 rings (SSSR count). The van der Waals surface area contributed by atoms with E-state index in [1.807, 2.05) is 73.7 Å². The van der Waals surface area contributed by atoms with Crippen LogP contribution < -0.4 is 9.64 Å². The number of fused-ring (bicyclic) bond motifs is 1. The van der Waals surface area contributed by atoms with E-state index in [0.29, 0.717) is 23.8 Å². The van der Waals surface area contributed by atoms with Gasteiger partial charge in [0.2, 0.25) is 5.91 Å². The number of nitrogens with zero attached hydrogens (tertiary/aromatic N) is 2. The van der Waals surface area contributed by atoms with E-state index in [2.05, 4.69) is 4.98 Å². The van der Waals surface area contributed by atoms with Crippen molar-refractivity contribution < 1.29 is 17.9 Å². The monoisotopic (exact) mass is 494 g/mol. The summed E-state index contributed by atoms with van der Waals surface area (Å²) in [4.78, 5) is 19.5. The van der Waals surface area contributed by atoms with Gasteiger partial charge in [0.05, 0.1) is 34.9 Å². The molecule has 0 spiro atoms. The van der Waals surface area contributed by atoms with Crippen LogP contribution in [0.1, 0.15) is 24.5 Å². The van der Waals surface area contributed by atoms with Crippen LogP contribution in [0.4, 0.5) is 5.13 Å². The maximum absolute atomic E-state index is 13.3. The predicted octanol–water partition coefficient (Wildman–Crippen LogP) is 5.23. The summed E-state index contributed by atoms with van der Waals surface area (Å²) >= 11 is 1.39. The molecule has 0 bridgehead atoms. The first-order chi connectivity index (χ1) is 16.4. The summed E-state index contributed by atoms with van der Waals surface area (Å²) in [5.41, 5.74) is 2.43. The number of benzene rings is 3. The molecule has 4 aromatic rings. The second-order valence-electron chi connectivity index (χ2n) is 7.85. The lowest BCUT2D eigenvalue weighted by Gasteiger charge is -2.20. The van der Waals surface area contributed by atoms with Gasteiger partial charge in [-0.1, -0.05) is 72.0 Å². The summed E-state index contributed by atoms with van der Waals surface area (Å²) in [6, 6.07) is 24.3. The predicted molar refractivity (Wildman–Crippen MR) is 137 cm³/mol. The van der Waals surface area contributed by atoms with Crippen LogP contribution in [-0.2, 0) is 26.9 Å². The molecule has 0 radical (unpaired) electrons. The highest BCUT2D eigenvalue weighted by Gasteiger charge is 2.23. The smallest absolute Gasteiger partial charge is 0.230 e. The molecule has 0 aliphatic carbocycles. The van der Waals surface area contributed by atoms with Crippen molar-refractivity contribution >= 4 is 42.4 Å². The summed E-state index contributed by atoms with van der Waals surface area (Å²) < 4.78 is 31.8. The van der Waals surface area contributed by atoms with E-state index >= 15 is 0 Å². The van der Waals surface area contributed by atoms with Crippen LogP contribution in [0.2, 0.25) is 0 Å². The maximum Gasteiger partial charge on any atom is 0.230 e. The van der Waals surface area contributed by atoms with Crippen molar-refractivity contribution in [3.05, 3.63) is 90.0 Å². The maximum atomic E-state index is 13.3. The van der Waals surface area contributed by atoms with Crippen molar-refractivity contribution in [2.75, 3.05) is 17.3 Å². The molecule has 0 N–H and O–H groups in total. The van der Waals surface area contributed by atoms with E-state index in [9.17, 15) is 13.2 Å². The number of carbonyl (C=O) groups is 1. The first kappa shape index (κ1) is 23.9. The Morgan fingerprint density at radius 1 is 0.971 bits per heavy atom. The van der Waals surface area contributed by atoms with Crippen molar-refractivity contribution in [2.45, 2.75) is 25.6 Å². The van der Waals surface area contributed by atoms with Crippen LogP contribution in [0, 0.1) is 0 Å². The Labute approximate surface area is 203 Å².